The van der Waals surface area contributed by atoms with Gasteiger partial charge in [0.15, 0.2) is 0 Å². The van der Waals surface area contributed by atoms with E-state index in [-0.39, 0.29) is 12.1 Å². The van der Waals surface area contributed by atoms with Gasteiger partial charge >= 0.3 is 0 Å². The van der Waals surface area contributed by atoms with Crippen LogP contribution in [-0.2, 0) is 4.74 Å². The lowest BCUT2D eigenvalue weighted by Crippen LogP contribution is -2.19. The molecule has 0 spiro atoms. The molecule has 18 heavy (non-hydrogen) atoms. The van der Waals surface area contributed by atoms with E-state index < -0.39 is 0 Å². The van der Waals surface area contributed by atoms with Crippen molar-refractivity contribution in [2.45, 2.75) is 38.8 Å². The van der Waals surface area contributed by atoms with Crippen LogP contribution in [0.4, 0.5) is 0 Å². The highest BCUT2D eigenvalue weighted by atomic mass is 16.5. The van der Waals surface area contributed by atoms with Crippen molar-refractivity contribution in [3.05, 3.63) is 24.0 Å². The Labute approximate surface area is 109 Å². The summed E-state index contributed by atoms with van der Waals surface area (Å²) in [6, 6.07) is 4.27. The summed E-state index contributed by atoms with van der Waals surface area (Å²) in [5.41, 5.74) is 1.04. The van der Waals surface area contributed by atoms with Crippen molar-refractivity contribution >= 4 is 0 Å². The molecular weight excluding hydrogens is 228 g/mol. The number of pyridine rings is 1. The molecule has 0 saturated carbocycles. The van der Waals surface area contributed by atoms with Crippen LogP contribution in [0.1, 0.15) is 38.4 Å². The molecule has 0 radical (unpaired) electrons. The number of nitrogens with zero attached hydrogens (tertiary/aromatic N) is 1. The monoisotopic (exact) mass is 250 g/mol. The predicted molar refractivity (Wildman–Crippen MR) is 70.8 cm³/mol. The molecule has 2 heterocycles. The lowest BCUT2D eigenvalue weighted by molar-refractivity contribution is 0.0678. The van der Waals surface area contributed by atoms with E-state index in [2.05, 4.69) is 24.1 Å². The van der Waals surface area contributed by atoms with Gasteiger partial charge in [-0.15, -0.1) is 0 Å². The van der Waals surface area contributed by atoms with E-state index in [1.165, 1.54) is 0 Å². The Kier molecular flexibility index (Phi) is 4.96. The van der Waals surface area contributed by atoms with E-state index in [9.17, 15) is 0 Å². The van der Waals surface area contributed by atoms with E-state index in [0.29, 0.717) is 6.61 Å². The summed E-state index contributed by atoms with van der Waals surface area (Å²) in [5.74, 6) is 0.818. The van der Waals surface area contributed by atoms with Crippen LogP contribution in [0.5, 0.6) is 5.75 Å². The summed E-state index contributed by atoms with van der Waals surface area (Å²) in [6.07, 6.45) is 4.29. The van der Waals surface area contributed by atoms with E-state index in [4.69, 9.17) is 9.47 Å². The maximum Gasteiger partial charge on any atom is 0.137 e. The topological polar surface area (TPSA) is 43.4 Å². The Balaban J connectivity index is 1.83. The third-order valence-corrected chi connectivity index (χ3v) is 3.17. The molecule has 1 aliphatic heterocycles. The molecule has 1 aromatic heterocycles. The molecule has 1 saturated heterocycles. The molecule has 1 N–H and O–H groups in total. The van der Waals surface area contributed by atoms with Gasteiger partial charge < -0.3 is 14.8 Å². The molecule has 2 rings (SSSR count). The summed E-state index contributed by atoms with van der Waals surface area (Å²) >= 11 is 0. The molecule has 0 amide bonds. The molecule has 2 atom stereocenters. The first-order valence-electron chi connectivity index (χ1n) is 6.73. The standard InChI is InChI=1S/C14H22N2O2/c1-3-15-11(2)14-7-6-12(9-16-14)18-10-13-5-4-8-17-13/h6-7,9,11,13,15H,3-5,8,10H2,1-2H3. The van der Waals surface area contributed by atoms with Gasteiger partial charge in [0, 0.05) is 12.6 Å². The average molecular weight is 250 g/mol. The molecule has 100 valence electrons. The second kappa shape index (κ2) is 6.71. The fourth-order valence-corrected chi connectivity index (χ4v) is 2.11. The Morgan fingerprint density at radius 3 is 3.06 bits per heavy atom. The minimum atomic E-state index is 0.255. The highest BCUT2D eigenvalue weighted by molar-refractivity contribution is 5.21. The third kappa shape index (κ3) is 3.68. The van der Waals surface area contributed by atoms with Crippen LogP contribution in [0.15, 0.2) is 18.3 Å². The van der Waals surface area contributed by atoms with E-state index >= 15 is 0 Å². The largest absolute Gasteiger partial charge is 0.489 e. The molecule has 0 bridgehead atoms. The van der Waals surface area contributed by atoms with Gasteiger partial charge in [-0.1, -0.05) is 6.92 Å². The minimum absolute atomic E-state index is 0.255. The molecule has 0 aromatic carbocycles. The van der Waals surface area contributed by atoms with E-state index in [1.807, 2.05) is 12.1 Å². The van der Waals surface area contributed by atoms with Gasteiger partial charge in [0.2, 0.25) is 0 Å². The molecular formula is C14H22N2O2. The van der Waals surface area contributed by atoms with Crippen molar-refractivity contribution in [1.29, 1.82) is 0 Å². The van der Waals surface area contributed by atoms with E-state index in [0.717, 1.165) is 37.4 Å². The van der Waals surface area contributed by atoms with Crippen molar-refractivity contribution in [3.63, 3.8) is 0 Å². The summed E-state index contributed by atoms with van der Waals surface area (Å²) in [7, 11) is 0. The van der Waals surface area contributed by atoms with Crippen LogP contribution in [0, 0.1) is 0 Å². The summed E-state index contributed by atoms with van der Waals surface area (Å²) < 4.78 is 11.2. The van der Waals surface area contributed by atoms with Gasteiger partial charge in [0.1, 0.15) is 12.4 Å². The van der Waals surface area contributed by atoms with Crippen molar-refractivity contribution in [2.75, 3.05) is 19.8 Å². The molecule has 0 aliphatic carbocycles. The van der Waals surface area contributed by atoms with Gasteiger partial charge in [-0.3, -0.25) is 4.98 Å². The number of hydrogen-bond donors (Lipinski definition) is 1. The molecule has 2 unspecified atom stereocenters. The maximum atomic E-state index is 5.68. The lowest BCUT2D eigenvalue weighted by Gasteiger charge is -2.13. The SMILES string of the molecule is CCNC(C)c1ccc(OCC2CCCO2)cn1. The van der Waals surface area contributed by atoms with Crippen LogP contribution < -0.4 is 10.1 Å². The van der Waals surface area contributed by atoms with Crippen molar-refractivity contribution in [2.24, 2.45) is 0 Å². The van der Waals surface area contributed by atoms with Crippen molar-refractivity contribution in [1.82, 2.24) is 10.3 Å². The predicted octanol–water partition coefficient (Wildman–Crippen LogP) is 2.31. The van der Waals surface area contributed by atoms with Crippen molar-refractivity contribution < 1.29 is 9.47 Å². The number of ether oxygens (including phenoxy) is 2. The fraction of sp³-hybridized carbons (Fsp3) is 0.643. The van der Waals surface area contributed by atoms with Crippen LogP contribution >= 0.6 is 0 Å². The van der Waals surface area contributed by atoms with Crippen LogP contribution in [0.25, 0.3) is 0 Å². The van der Waals surface area contributed by atoms with Crippen LogP contribution in [-0.4, -0.2) is 30.8 Å². The smallest absolute Gasteiger partial charge is 0.137 e. The van der Waals surface area contributed by atoms with Gasteiger partial charge in [0.25, 0.3) is 0 Å². The molecule has 4 heteroatoms. The quantitative estimate of drug-likeness (QED) is 0.841. The summed E-state index contributed by atoms with van der Waals surface area (Å²) in [6.45, 7) is 6.64. The highest BCUT2D eigenvalue weighted by Crippen LogP contribution is 2.17. The van der Waals surface area contributed by atoms with E-state index in [1.54, 1.807) is 6.20 Å². The van der Waals surface area contributed by atoms with Gasteiger partial charge in [-0.05, 0) is 38.4 Å². The van der Waals surface area contributed by atoms with Crippen LogP contribution in [0.2, 0.25) is 0 Å². The number of aromatic nitrogens is 1. The minimum Gasteiger partial charge on any atom is -0.489 e. The van der Waals surface area contributed by atoms with Crippen molar-refractivity contribution in [3.8, 4) is 5.75 Å². The van der Waals surface area contributed by atoms with Gasteiger partial charge in [-0.25, -0.2) is 0 Å². The Morgan fingerprint density at radius 1 is 1.56 bits per heavy atom. The van der Waals surface area contributed by atoms with Gasteiger partial charge in [-0.2, -0.15) is 0 Å². The molecule has 4 nitrogen and oxygen atoms in total. The maximum absolute atomic E-state index is 5.68. The Bertz CT molecular complexity index is 347. The Morgan fingerprint density at radius 2 is 2.44 bits per heavy atom. The molecule has 1 aliphatic rings. The fourth-order valence-electron chi connectivity index (χ4n) is 2.11. The first-order valence-corrected chi connectivity index (χ1v) is 6.73. The summed E-state index contributed by atoms with van der Waals surface area (Å²) in [5, 5.41) is 3.33. The van der Waals surface area contributed by atoms with Crippen LogP contribution in [0.3, 0.4) is 0 Å². The van der Waals surface area contributed by atoms with Gasteiger partial charge in [0.05, 0.1) is 18.0 Å². The second-order valence-electron chi connectivity index (χ2n) is 4.64. The number of rotatable bonds is 6. The first-order chi connectivity index (χ1) is 8.79. The zero-order valence-electron chi connectivity index (χ0n) is 11.2. The lowest BCUT2D eigenvalue weighted by atomic mass is 10.2. The zero-order chi connectivity index (χ0) is 12.8. The third-order valence-electron chi connectivity index (χ3n) is 3.17. The molecule has 1 fully saturated rings. The summed E-state index contributed by atoms with van der Waals surface area (Å²) in [4.78, 5) is 4.41. The zero-order valence-corrected chi connectivity index (χ0v) is 11.2. The first kappa shape index (κ1) is 13.3. The Hall–Kier alpha value is -1.13. The average Bonchev–Trinajstić information content (AvgIpc) is 2.90. The number of hydrogen-bond acceptors (Lipinski definition) is 4. The normalized spacial score (nSPS) is 20.9. The number of nitrogens with one attached hydrogen (secondary N) is 1. The molecule has 1 aromatic rings. The highest BCUT2D eigenvalue weighted by Gasteiger charge is 2.16. The second-order valence-corrected chi connectivity index (χ2v) is 4.64.